The Morgan fingerprint density at radius 2 is 1.57 bits per heavy atom. The number of amides is 2. The highest BCUT2D eigenvalue weighted by molar-refractivity contribution is 5.94. The fourth-order valence-corrected chi connectivity index (χ4v) is 3.07. The van der Waals surface area contributed by atoms with Crippen LogP contribution in [0.25, 0.3) is 0 Å². The molecule has 0 radical (unpaired) electrons. The van der Waals surface area contributed by atoms with Crippen LogP contribution < -0.4 is 10.6 Å². The zero-order valence-electron chi connectivity index (χ0n) is 16.4. The lowest BCUT2D eigenvalue weighted by Gasteiger charge is -2.28. The molecule has 2 aromatic carbocycles. The molecular formula is C22H22N2O6. The van der Waals surface area contributed by atoms with Crippen molar-refractivity contribution >= 4 is 18.0 Å². The summed E-state index contributed by atoms with van der Waals surface area (Å²) in [6.07, 6.45) is 0. The Labute approximate surface area is 173 Å². The highest BCUT2D eigenvalue weighted by Gasteiger charge is 2.42. The van der Waals surface area contributed by atoms with Crippen LogP contribution in [0.15, 0.2) is 71.9 Å². The van der Waals surface area contributed by atoms with E-state index in [1.54, 1.807) is 67.6 Å². The highest BCUT2D eigenvalue weighted by atomic mass is 16.6. The summed E-state index contributed by atoms with van der Waals surface area (Å²) in [6, 6.07) is 16.3. The van der Waals surface area contributed by atoms with Crippen LogP contribution in [-0.2, 0) is 24.7 Å². The number of hydrogen-bond acceptors (Lipinski definition) is 6. The minimum absolute atomic E-state index is 0.0564. The molecule has 2 aromatic rings. The first-order valence-electron chi connectivity index (χ1n) is 9.41. The van der Waals surface area contributed by atoms with Crippen molar-refractivity contribution < 1.29 is 29.0 Å². The third-order valence-electron chi connectivity index (χ3n) is 4.60. The Balaban J connectivity index is 1.89. The summed E-state index contributed by atoms with van der Waals surface area (Å²) in [7, 11) is 0. The van der Waals surface area contributed by atoms with Gasteiger partial charge in [0.1, 0.15) is 6.61 Å². The lowest BCUT2D eigenvalue weighted by Crippen LogP contribution is -2.46. The van der Waals surface area contributed by atoms with Crippen LogP contribution >= 0.6 is 0 Å². The first-order valence-corrected chi connectivity index (χ1v) is 9.41. The lowest BCUT2D eigenvalue weighted by molar-refractivity contribution is -0.161. The van der Waals surface area contributed by atoms with Crippen LogP contribution in [-0.4, -0.2) is 42.8 Å². The first-order chi connectivity index (χ1) is 14.5. The van der Waals surface area contributed by atoms with Crippen LogP contribution in [0.3, 0.4) is 0 Å². The second kappa shape index (κ2) is 9.23. The Kier molecular flexibility index (Phi) is 6.48. The van der Waals surface area contributed by atoms with Crippen LogP contribution in [0.5, 0.6) is 0 Å². The molecule has 3 rings (SSSR count). The maximum absolute atomic E-state index is 13.1. The quantitative estimate of drug-likeness (QED) is 0.598. The largest absolute Gasteiger partial charge is 0.463 e. The summed E-state index contributed by atoms with van der Waals surface area (Å²) in [5.41, 5.74) is -1.16. The van der Waals surface area contributed by atoms with Crippen molar-refractivity contribution in [3.63, 3.8) is 0 Å². The van der Waals surface area contributed by atoms with Crippen molar-refractivity contribution in [2.24, 2.45) is 0 Å². The molecule has 0 saturated heterocycles. The molecule has 0 fully saturated rings. The molecule has 0 unspecified atom stereocenters. The fraction of sp³-hybridized carbons (Fsp3) is 0.227. The number of urea groups is 1. The van der Waals surface area contributed by atoms with Gasteiger partial charge in [-0.25, -0.2) is 14.4 Å². The van der Waals surface area contributed by atoms with E-state index >= 15 is 0 Å². The van der Waals surface area contributed by atoms with Crippen LogP contribution in [0.2, 0.25) is 0 Å². The molecule has 0 saturated carbocycles. The monoisotopic (exact) mass is 410 g/mol. The summed E-state index contributed by atoms with van der Waals surface area (Å²) in [5.74, 6) is -1.57. The third-order valence-corrected chi connectivity index (χ3v) is 4.60. The minimum atomic E-state index is -2.07. The van der Waals surface area contributed by atoms with Gasteiger partial charge in [-0.15, -0.1) is 0 Å². The Bertz CT molecular complexity index is 917. The number of carbonyl (C=O) groups is 3. The van der Waals surface area contributed by atoms with Crippen molar-refractivity contribution in [1.82, 2.24) is 10.6 Å². The van der Waals surface area contributed by atoms with E-state index in [0.717, 1.165) is 0 Å². The van der Waals surface area contributed by atoms with Crippen LogP contribution in [0.4, 0.5) is 4.79 Å². The van der Waals surface area contributed by atoms with Crippen molar-refractivity contribution in [2.45, 2.75) is 12.5 Å². The van der Waals surface area contributed by atoms with Gasteiger partial charge in [0.2, 0.25) is 5.60 Å². The molecule has 8 nitrogen and oxygen atoms in total. The van der Waals surface area contributed by atoms with Crippen molar-refractivity contribution in [1.29, 1.82) is 0 Å². The van der Waals surface area contributed by atoms with E-state index in [1.807, 2.05) is 0 Å². The second-order valence-electron chi connectivity index (χ2n) is 6.50. The van der Waals surface area contributed by atoms with Crippen LogP contribution in [0, 0.1) is 0 Å². The van der Waals surface area contributed by atoms with Gasteiger partial charge in [-0.1, -0.05) is 60.7 Å². The van der Waals surface area contributed by atoms with E-state index in [9.17, 15) is 19.5 Å². The number of carbonyl (C=O) groups excluding carboxylic acids is 3. The minimum Gasteiger partial charge on any atom is -0.463 e. The van der Waals surface area contributed by atoms with Gasteiger partial charge in [0.05, 0.1) is 24.4 Å². The van der Waals surface area contributed by atoms with E-state index in [-0.39, 0.29) is 24.4 Å². The van der Waals surface area contributed by atoms with Gasteiger partial charge in [-0.3, -0.25) is 0 Å². The SMILES string of the molecule is CCOC(=O)C1=C(COC(=O)C(O)(c2ccccc2)c2ccccc2)NC(=O)NC1. The molecule has 0 bridgehead atoms. The van der Waals surface area contributed by atoms with Gasteiger partial charge in [-0.05, 0) is 18.1 Å². The number of rotatable bonds is 7. The lowest BCUT2D eigenvalue weighted by atomic mass is 9.86. The molecule has 8 heteroatoms. The van der Waals surface area contributed by atoms with E-state index in [1.165, 1.54) is 0 Å². The molecule has 0 atom stereocenters. The molecule has 156 valence electrons. The smallest absolute Gasteiger partial charge is 0.348 e. The molecule has 30 heavy (non-hydrogen) atoms. The molecule has 2 amide bonds. The first kappa shape index (κ1) is 21.1. The van der Waals surface area contributed by atoms with Crippen LogP contribution in [0.1, 0.15) is 18.1 Å². The number of hydrogen-bond donors (Lipinski definition) is 3. The molecule has 1 heterocycles. The van der Waals surface area contributed by atoms with E-state index < -0.39 is 30.2 Å². The van der Waals surface area contributed by atoms with Crippen molar-refractivity contribution in [2.75, 3.05) is 19.8 Å². The number of aliphatic hydroxyl groups is 1. The maximum atomic E-state index is 13.1. The number of ether oxygens (including phenoxy) is 2. The standard InChI is InChI=1S/C22H22N2O6/c1-2-29-19(25)17-13-23-21(27)24-18(17)14-30-20(26)22(28,15-9-5-3-6-10-15)16-11-7-4-8-12-16/h3-12,28H,2,13-14H2,1H3,(H2,23,24,27). The highest BCUT2D eigenvalue weighted by Crippen LogP contribution is 2.31. The summed E-state index contributed by atoms with van der Waals surface area (Å²) in [6.45, 7) is 1.35. The average molecular weight is 410 g/mol. The molecule has 3 N–H and O–H groups in total. The number of esters is 2. The predicted molar refractivity (Wildman–Crippen MR) is 107 cm³/mol. The Hall–Kier alpha value is -3.65. The van der Waals surface area contributed by atoms with Crippen molar-refractivity contribution in [3.8, 4) is 0 Å². The van der Waals surface area contributed by atoms with E-state index in [4.69, 9.17) is 9.47 Å². The summed E-state index contributed by atoms with van der Waals surface area (Å²) >= 11 is 0. The van der Waals surface area contributed by atoms with Gasteiger partial charge >= 0.3 is 18.0 Å². The molecule has 0 spiro atoms. The van der Waals surface area contributed by atoms with Gasteiger partial charge < -0.3 is 25.2 Å². The Morgan fingerprint density at radius 3 is 2.10 bits per heavy atom. The Morgan fingerprint density at radius 1 is 1.00 bits per heavy atom. The van der Waals surface area contributed by atoms with Gasteiger partial charge in [0.15, 0.2) is 0 Å². The second-order valence-corrected chi connectivity index (χ2v) is 6.50. The van der Waals surface area contributed by atoms with E-state index in [0.29, 0.717) is 11.1 Å². The normalized spacial score (nSPS) is 13.9. The fourth-order valence-electron chi connectivity index (χ4n) is 3.07. The van der Waals surface area contributed by atoms with E-state index in [2.05, 4.69) is 10.6 Å². The average Bonchev–Trinajstić information content (AvgIpc) is 2.78. The zero-order valence-corrected chi connectivity index (χ0v) is 16.4. The zero-order chi connectivity index (χ0) is 21.6. The summed E-state index contributed by atoms with van der Waals surface area (Å²) in [5, 5.41) is 16.3. The predicted octanol–water partition coefficient (Wildman–Crippen LogP) is 1.60. The summed E-state index contributed by atoms with van der Waals surface area (Å²) < 4.78 is 10.3. The number of nitrogens with one attached hydrogen (secondary N) is 2. The van der Waals surface area contributed by atoms with Gasteiger partial charge in [-0.2, -0.15) is 0 Å². The third kappa shape index (κ3) is 4.33. The molecule has 1 aliphatic heterocycles. The summed E-state index contributed by atoms with van der Waals surface area (Å²) in [4.78, 5) is 36.9. The van der Waals surface area contributed by atoms with Gasteiger partial charge in [0, 0.05) is 0 Å². The maximum Gasteiger partial charge on any atom is 0.348 e. The number of benzene rings is 2. The van der Waals surface area contributed by atoms with Gasteiger partial charge in [0.25, 0.3) is 0 Å². The molecule has 0 aliphatic carbocycles. The molecule has 1 aliphatic rings. The topological polar surface area (TPSA) is 114 Å². The molecular weight excluding hydrogens is 388 g/mol. The molecule has 0 aromatic heterocycles. The van der Waals surface area contributed by atoms with Crippen molar-refractivity contribution in [3.05, 3.63) is 83.1 Å².